The third-order valence-electron chi connectivity index (χ3n) is 2.43. The van der Waals surface area contributed by atoms with Gasteiger partial charge in [0.25, 0.3) is 0 Å². The summed E-state index contributed by atoms with van der Waals surface area (Å²) in [4.78, 5) is 14.8. The van der Waals surface area contributed by atoms with Gasteiger partial charge in [-0.25, -0.2) is 4.98 Å². The number of benzene rings is 1. The van der Waals surface area contributed by atoms with Crippen molar-refractivity contribution in [2.75, 3.05) is 0 Å². The van der Waals surface area contributed by atoms with Gasteiger partial charge in [-0.2, -0.15) is 0 Å². The van der Waals surface area contributed by atoms with Crippen LogP contribution in [0.15, 0.2) is 24.3 Å². The minimum atomic E-state index is 0.126. The van der Waals surface area contributed by atoms with Crippen LogP contribution in [-0.4, -0.2) is 16.4 Å². The molecule has 0 bridgehead atoms. The number of aldehydes is 1. The average molecular weight is 201 g/mol. The molecule has 2 rings (SSSR count). The van der Waals surface area contributed by atoms with Crippen LogP contribution in [0.4, 0.5) is 0 Å². The van der Waals surface area contributed by atoms with Gasteiger partial charge in [0.2, 0.25) is 0 Å². The van der Waals surface area contributed by atoms with Crippen LogP contribution in [0, 0.1) is 6.92 Å². The van der Waals surface area contributed by atoms with Gasteiger partial charge in [0.1, 0.15) is 12.0 Å². The first-order valence-corrected chi connectivity index (χ1v) is 4.75. The molecule has 76 valence electrons. The molecule has 3 nitrogen and oxygen atoms in total. The van der Waals surface area contributed by atoms with E-state index in [1.54, 1.807) is 6.92 Å². The summed E-state index contributed by atoms with van der Waals surface area (Å²) >= 11 is 0. The topological polar surface area (TPSA) is 50.2 Å². The summed E-state index contributed by atoms with van der Waals surface area (Å²) < 4.78 is 0. The predicted molar refractivity (Wildman–Crippen MR) is 57.9 cm³/mol. The fraction of sp³-hybridized carbons (Fsp3) is 0.167. The van der Waals surface area contributed by atoms with Crippen LogP contribution < -0.4 is 0 Å². The van der Waals surface area contributed by atoms with Gasteiger partial charge in [0, 0.05) is 17.4 Å². The first kappa shape index (κ1) is 9.65. The summed E-state index contributed by atoms with van der Waals surface area (Å²) in [5.74, 6) is 0.126. The zero-order valence-corrected chi connectivity index (χ0v) is 8.40. The molecule has 0 saturated heterocycles. The highest BCUT2D eigenvalue weighted by molar-refractivity contribution is 5.86. The van der Waals surface area contributed by atoms with Crippen LogP contribution in [0.25, 0.3) is 10.9 Å². The van der Waals surface area contributed by atoms with Crippen LogP contribution in [0.5, 0.6) is 5.75 Å². The first-order valence-electron chi connectivity index (χ1n) is 4.75. The Morgan fingerprint density at radius 2 is 2.13 bits per heavy atom. The lowest BCUT2D eigenvalue weighted by Crippen LogP contribution is -1.94. The normalized spacial score (nSPS) is 10.5. The van der Waals surface area contributed by atoms with Crippen molar-refractivity contribution >= 4 is 17.2 Å². The number of fused-ring (bicyclic) bond motifs is 1. The van der Waals surface area contributed by atoms with Crippen LogP contribution in [0.3, 0.4) is 0 Å². The molecule has 1 aromatic heterocycles. The number of carbonyl (C=O) groups is 1. The number of aromatic hydroxyl groups is 1. The molecule has 2 aromatic rings. The molecule has 15 heavy (non-hydrogen) atoms. The fourth-order valence-electron chi connectivity index (χ4n) is 1.70. The zero-order valence-electron chi connectivity index (χ0n) is 8.40. The molecule has 1 aromatic carbocycles. The summed E-state index contributed by atoms with van der Waals surface area (Å²) in [6.07, 6.45) is 1.01. The summed E-state index contributed by atoms with van der Waals surface area (Å²) in [6, 6.07) is 7.49. The average Bonchev–Trinajstić information content (AvgIpc) is 2.25. The number of carbonyl (C=O) groups excluding carboxylic acids is 1. The molecule has 0 fully saturated rings. The van der Waals surface area contributed by atoms with E-state index in [0.717, 1.165) is 17.2 Å². The first-order chi connectivity index (χ1) is 7.24. The quantitative estimate of drug-likeness (QED) is 0.756. The minimum Gasteiger partial charge on any atom is -0.506 e. The van der Waals surface area contributed by atoms with Crippen molar-refractivity contribution in [2.24, 2.45) is 0 Å². The summed E-state index contributed by atoms with van der Waals surface area (Å²) in [5.41, 5.74) is 2.03. The number of aryl methyl sites for hydroxylation is 1. The number of para-hydroxylation sites is 1. The molecule has 0 atom stereocenters. The van der Waals surface area contributed by atoms with E-state index in [4.69, 9.17) is 0 Å². The van der Waals surface area contributed by atoms with Gasteiger partial charge >= 0.3 is 0 Å². The van der Waals surface area contributed by atoms with Crippen molar-refractivity contribution in [3.05, 3.63) is 35.5 Å². The monoisotopic (exact) mass is 201 g/mol. The molecule has 0 saturated carbocycles. The van der Waals surface area contributed by atoms with Crippen molar-refractivity contribution in [3.63, 3.8) is 0 Å². The van der Waals surface area contributed by atoms with E-state index in [9.17, 15) is 9.90 Å². The maximum atomic E-state index is 10.5. The van der Waals surface area contributed by atoms with Crippen molar-refractivity contribution in [1.82, 2.24) is 4.98 Å². The molecule has 0 aliphatic heterocycles. The van der Waals surface area contributed by atoms with Crippen molar-refractivity contribution < 1.29 is 9.90 Å². The molecule has 1 N–H and O–H groups in total. The molecule has 0 unspecified atom stereocenters. The Balaban J connectivity index is 2.82. The number of hydrogen-bond acceptors (Lipinski definition) is 3. The zero-order chi connectivity index (χ0) is 10.8. The molecule has 3 heteroatoms. The van der Waals surface area contributed by atoms with Crippen LogP contribution in [-0.2, 0) is 11.2 Å². The van der Waals surface area contributed by atoms with E-state index in [0.29, 0.717) is 11.3 Å². The van der Waals surface area contributed by atoms with Gasteiger partial charge in [0.15, 0.2) is 0 Å². The van der Waals surface area contributed by atoms with E-state index in [1.165, 1.54) is 0 Å². The van der Waals surface area contributed by atoms with Crippen LogP contribution in [0.1, 0.15) is 11.3 Å². The van der Waals surface area contributed by atoms with E-state index in [1.807, 2.05) is 24.3 Å². The highest BCUT2D eigenvalue weighted by atomic mass is 16.3. The van der Waals surface area contributed by atoms with Crippen molar-refractivity contribution in [2.45, 2.75) is 13.3 Å². The third-order valence-corrected chi connectivity index (χ3v) is 2.43. The number of hydrogen-bond donors (Lipinski definition) is 1. The summed E-state index contributed by atoms with van der Waals surface area (Å²) in [5, 5.41) is 10.6. The molecular formula is C12H11NO2. The van der Waals surface area contributed by atoms with Crippen LogP contribution >= 0.6 is 0 Å². The molecular weight excluding hydrogens is 190 g/mol. The highest BCUT2D eigenvalue weighted by Gasteiger charge is 2.10. The Hall–Kier alpha value is -1.90. The maximum absolute atomic E-state index is 10.5. The molecule has 0 aliphatic carbocycles. The lowest BCUT2D eigenvalue weighted by Gasteiger charge is -2.08. The fourth-order valence-corrected chi connectivity index (χ4v) is 1.70. The molecule has 0 radical (unpaired) electrons. The lowest BCUT2D eigenvalue weighted by atomic mass is 10.0. The van der Waals surface area contributed by atoms with Crippen LogP contribution in [0.2, 0.25) is 0 Å². The minimum absolute atomic E-state index is 0.126. The Kier molecular flexibility index (Phi) is 2.37. The molecule has 0 aliphatic rings. The Labute approximate surface area is 87.4 Å². The molecule has 0 amide bonds. The van der Waals surface area contributed by atoms with E-state index < -0.39 is 0 Å². The Morgan fingerprint density at radius 3 is 2.87 bits per heavy atom. The Bertz CT molecular complexity index is 520. The van der Waals surface area contributed by atoms with Gasteiger partial charge in [-0.05, 0) is 13.0 Å². The number of pyridine rings is 1. The largest absolute Gasteiger partial charge is 0.506 e. The predicted octanol–water partition coefficient (Wildman–Crippen LogP) is 1.99. The van der Waals surface area contributed by atoms with Gasteiger partial charge in [-0.1, -0.05) is 18.2 Å². The lowest BCUT2D eigenvalue weighted by molar-refractivity contribution is -0.107. The van der Waals surface area contributed by atoms with Crippen molar-refractivity contribution in [1.29, 1.82) is 0 Å². The summed E-state index contributed by atoms with van der Waals surface area (Å²) in [6.45, 7) is 1.73. The van der Waals surface area contributed by atoms with Gasteiger partial charge in [-0.3, -0.25) is 0 Å². The second-order valence-corrected chi connectivity index (χ2v) is 3.41. The third kappa shape index (κ3) is 1.56. The van der Waals surface area contributed by atoms with Gasteiger partial charge in [-0.15, -0.1) is 0 Å². The van der Waals surface area contributed by atoms with E-state index in [2.05, 4.69) is 4.98 Å². The standard InChI is InChI=1S/C12H11NO2/c1-8-12(15)10(6-7-14)9-4-2-3-5-11(9)13-8/h2-5,7,15H,6H2,1H3. The smallest absolute Gasteiger partial charge is 0.141 e. The SMILES string of the molecule is Cc1nc2ccccc2c(CC=O)c1O. The number of aromatic nitrogens is 1. The summed E-state index contributed by atoms with van der Waals surface area (Å²) in [7, 11) is 0. The number of nitrogens with zero attached hydrogens (tertiary/aromatic N) is 1. The number of rotatable bonds is 2. The maximum Gasteiger partial charge on any atom is 0.141 e. The molecule has 1 heterocycles. The van der Waals surface area contributed by atoms with Gasteiger partial charge in [0.05, 0.1) is 11.2 Å². The van der Waals surface area contributed by atoms with E-state index in [-0.39, 0.29) is 12.2 Å². The second kappa shape index (κ2) is 3.69. The van der Waals surface area contributed by atoms with Crippen molar-refractivity contribution in [3.8, 4) is 5.75 Å². The second-order valence-electron chi connectivity index (χ2n) is 3.41. The molecule has 0 spiro atoms. The Morgan fingerprint density at radius 1 is 1.40 bits per heavy atom. The highest BCUT2D eigenvalue weighted by Crippen LogP contribution is 2.28. The van der Waals surface area contributed by atoms with Gasteiger partial charge < -0.3 is 9.90 Å². The van der Waals surface area contributed by atoms with E-state index >= 15 is 0 Å².